The van der Waals surface area contributed by atoms with Gasteiger partial charge in [-0.1, -0.05) is 66.3 Å². The molecule has 0 saturated heterocycles. The molecule has 2 rings (SSSR count). The highest BCUT2D eigenvalue weighted by atomic mass is 127. The molecule has 0 fully saturated rings. The Labute approximate surface area is 147 Å². The van der Waals surface area contributed by atoms with E-state index in [2.05, 4.69) is 104 Å². The minimum atomic E-state index is 1.06. The first-order valence-corrected chi connectivity index (χ1v) is 8.46. The molecule has 2 aromatic rings. The Morgan fingerprint density at radius 3 is 2.32 bits per heavy atom. The van der Waals surface area contributed by atoms with Gasteiger partial charge in [-0.2, -0.15) is 0 Å². The zero-order chi connectivity index (χ0) is 16.1. The van der Waals surface area contributed by atoms with Crippen molar-refractivity contribution in [3.63, 3.8) is 0 Å². The lowest BCUT2D eigenvalue weighted by Gasteiger charge is -2.12. The second-order valence-electron chi connectivity index (χ2n) is 5.48. The fourth-order valence-corrected chi connectivity index (χ4v) is 2.80. The van der Waals surface area contributed by atoms with Crippen LogP contribution in [0.5, 0.6) is 0 Å². The van der Waals surface area contributed by atoms with E-state index in [1.54, 1.807) is 0 Å². The molecule has 0 heterocycles. The Hall–Kier alpha value is -1.61. The van der Waals surface area contributed by atoms with E-state index in [0.29, 0.717) is 0 Å². The van der Waals surface area contributed by atoms with Gasteiger partial charge in [0.25, 0.3) is 0 Å². The highest BCUT2D eigenvalue weighted by Gasteiger charge is 2.08. The second-order valence-corrected chi connectivity index (χ2v) is 6.73. The summed E-state index contributed by atoms with van der Waals surface area (Å²) in [6.45, 7) is 10.2. The minimum Gasteiger partial charge on any atom is -0.0961 e. The van der Waals surface area contributed by atoms with Crippen molar-refractivity contribution in [2.75, 3.05) is 0 Å². The van der Waals surface area contributed by atoms with Gasteiger partial charge in [0.2, 0.25) is 0 Å². The molecule has 0 spiro atoms. The molecule has 0 aliphatic heterocycles. The summed E-state index contributed by atoms with van der Waals surface area (Å²) in [6.07, 6.45) is 6.35. The Morgan fingerprint density at radius 1 is 1.05 bits per heavy atom. The van der Waals surface area contributed by atoms with E-state index in [1.807, 2.05) is 6.92 Å². The topological polar surface area (TPSA) is 0 Å². The molecule has 0 nitrogen and oxygen atoms in total. The highest BCUT2D eigenvalue weighted by Crippen LogP contribution is 2.31. The second kappa shape index (κ2) is 7.59. The first-order valence-electron chi connectivity index (χ1n) is 7.38. The van der Waals surface area contributed by atoms with E-state index >= 15 is 0 Å². The summed E-state index contributed by atoms with van der Waals surface area (Å²) in [5.41, 5.74) is 7.33. The van der Waals surface area contributed by atoms with Crippen molar-refractivity contribution in [1.82, 2.24) is 0 Å². The summed E-state index contributed by atoms with van der Waals surface area (Å²) in [5.74, 6) is 0. The molecule has 0 radical (unpaired) electrons. The predicted octanol–water partition coefficient (Wildman–Crippen LogP) is 6.80. The van der Waals surface area contributed by atoms with E-state index in [1.165, 1.54) is 31.4 Å². The minimum absolute atomic E-state index is 1.06. The Bertz CT molecular complexity index is 731. The number of aryl methyl sites for hydroxylation is 1. The first kappa shape index (κ1) is 16.8. The largest absolute Gasteiger partial charge is 0.0961 e. The maximum Gasteiger partial charge on any atom is 0.0136 e. The van der Waals surface area contributed by atoms with Crippen molar-refractivity contribution in [1.29, 1.82) is 0 Å². The number of rotatable bonds is 4. The smallest absolute Gasteiger partial charge is 0.0136 e. The molecular weight excluding hydrogens is 379 g/mol. The van der Waals surface area contributed by atoms with Crippen LogP contribution in [-0.4, -0.2) is 0 Å². The summed E-state index contributed by atoms with van der Waals surface area (Å²) in [7, 11) is 0. The van der Waals surface area contributed by atoms with Crippen LogP contribution in [0.3, 0.4) is 0 Å². The quantitative estimate of drug-likeness (QED) is 0.391. The third-order valence-corrected chi connectivity index (χ3v) is 4.18. The van der Waals surface area contributed by atoms with Gasteiger partial charge >= 0.3 is 0 Å². The molecular formula is C21H21I. The maximum absolute atomic E-state index is 3.94. The van der Waals surface area contributed by atoms with Crippen LogP contribution < -0.4 is 0 Å². The lowest BCUT2D eigenvalue weighted by Crippen LogP contribution is -1.90. The van der Waals surface area contributed by atoms with E-state index in [0.717, 1.165) is 5.57 Å². The van der Waals surface area contributed by atoms with Gasteiger partial charge in [0.15, 0.2) is 0 Å². The average Bonchev–Trinajstić information content (AvgIpc) is 2.49. The van der Waals surface area contributed by atoms with Crippen LogP contribution in [0.1, 0.15) is 25.0 Å². The van der Waals surface area contributed by atoms with Gasteiger partial charge in [0.1, 0.15) is 0 Å². The number of halogens is 1. The first-order chi connectivity index (χ1) is 10.5. The summed E-state index contributed by atoms with van der Waals surface area (Å²) in [4.78, 5) is 0. The van der Waals surface area contributed by atoms with Gasteiger partial charge in [-0.05, 0) is 77.8 Å². The van der Waals surface area contributed by atoms with Gasteiger partial charge in [0.05, 0.1) is 0 Å². The van der Waals surface area contributed by atoms with Crippen molar-refractivity contribution in [3.05, 3.63) is 87.5 Å². The third kappa shape index (κ3) is 4.20. The molecule has 0 aromatic heterocycles. The molecule has 0 unspecified atom stereocenters. The predicted molar refractivity (Wildman–Crippen MR) is 107 cm³/mol. The standard InChI is InChI=1S/C21H21I/c1-5-17(9-6-15(2)3)20-13-12-19(22)14-21(20)18-10-7-16(4)8-11-18/h5-14H,2H2,1,3-4H3/b9-6-,17-5+. The SMILES string of the molecule is C=C(C)/C=C\C(=C/C)c1ccc(I)cc1-c1ccc(C)cc1. The van der Waals surface area contributed by atoms with Gasteiger partial charge in [0, 0.05) is 3.57 Å². The number of hydrogen-bond acceptors (Lipinski definition) is 0. The van der Waals surface area contributed by atoms with Crippen molar-refractivity contribution >= 4 is 28.2 Å². The van der Waals surface area contributed by atoms with Crippen LogP contribution >= 0.6 is 22.6 Å². The van der Waals surface area contributed by atoms with Gasteiger partial charge < -0.3 is 0 Å². The monoisotopic (exact) mass is 400 g/mol. The van der Waals surface area contributed by atoms with Crippen molar-refractivity contribution < 1.29 is 0 Å². The fraction of sp³-hybridized carbons (Fsp3) is 0.143. The molecule has 0 aliphatic carbocycles. The Morgan fingerprint density at radius 2 is 1.73 bits per heavy atom. The summed E-state index contributed by atoms with van der Waals surface area (Å²) < 4.78 is 1.25. The third-order valence-electron chi connectivity index (χ3n) is 3.51. The Balaban J connectivity index is 2.56. The maximum atomic E-state index is 3.94. The molecule has 0 atom stereocenters. The van der Waals surface area contributed by atoms with Crippen LogP contribution in [0.25, 0.3) is 16.7 Å². The summed E-state index contributed by atoms with van der Waals surface area (Å²) in [6, 6.07) is 15.3. The molecule has 112 valence electrons. The van der Waals surface area contributed by atoms with Gasteiger partial charge in [-0.25, -0.2) is 0 Å². The molecule has 22 heavy (non-hydrogen) atoms. The molecule has 1 heteroatoms. The zero-order valence-electron chi connectivity index (χ0n) is 13.4. The molecule has 0 N–H and O–H groups in total. The van der Waals surface area contributed by atoms with E-state index in [4.69, 9.17) is 0 Å². The van der Waals surface area contributed by atoms with Crippen molar-refractivity contribution in [2.24, 2.45) is 0 Å². The zero-order valence-corrected chi connectivity index (χ0v) is 15.5. The number of hydrogen-bond donors (Lipinski definition) is 0. The van der Waals surface area contributed by atoms with Crippen molar-refractivity contribution in [2.45, 2.75) is 20.8 Å². The van der Waals surface area contributed by atoms with Crippen LogP contribution in [0.2, 0.25) is 0 Å². The van der Waals surface area contributed by atoms with Crippen LogP contribution in [0, 0.1) is 10.5 Å². The normalized spacial score (nSPS) is 11.9. The lowest BCUT2D eigenvalue weighted by atomic mass is 9.93. The lowest BCUT2D eigenvalue weighted by molar-refractivity contribution is 1.46. The highest BCUT2D eigenvalue weighted by molar-refractivity contribution is 14.1. The average molecular weight is 400 g/mol. The number of allylic oxidation sites excluding steroid dienone is 5. The van der Waals surface area contributed by atoms with Gasteiger partial charge in [-0.15, -0.1) is 0 Å². The molecule has 0 saturated carbocycles. The van der Waals surface area contributed by atoms with Crippen LogP contribution in [0.4, 0.5) is 0 Å². The summed E-state index contributed by atoms with van der Waals surface area (Å²) >= 11 is 2.37. The molecule has 2 aromatic carbocycles. The van der Waals surface area contributed by atoms with E-state index in [9.17, 15) is 0 Å². The molecule has 0 bridgehead atoms. The molecule has 0 aliphatic rings. The van der Waals surface area contributed by atoms with E-state index in [-0.39, 0.29) is 0 Å². The fourth-order valence-electron chi connectivity index (χ4n) is 2.31. The van der Waals surface area contributed by atoms with Crippen LogP contribution in [0.15, 0.2) is 72.8 Å². The van der Waals surface area contributed by atoms with Gasteiger partial charge in [-0.3, -0.25) is 0 Å². The van der Waals surface area contributed by atoms with E-state index < -0.39 is 0 Å². The Kier molecular flexibility index (Phi) is 5.78. The van der Waals surface area contributed by atoms with Crippen molar-refractivity contribution in [3.8, 4) is 11.1 Å². The summed E-state index contributed by atoms with van der Waals surface area (Å²) in [5, 5.41) is 0. The van der Waals surface area contributed by atoms with Crippen LogP contribution in [-0.2, 0) is 0 Å². The number of benzene rings is 2. The molecule has 0 amide bonds.